The van der Waals surface area contributed by atoms with Crippen molar-refractivity contribution in [3.05, 3.63) is 43.7 Å². The maximum absolute atomic E-state index is 11.6. The number of fused-ring (bicyclic) bond motifs is 1. The van der Waals surface area contributed by atoms with Gasteiger partial charge >= 0.3 is 5.97 Å². The molecule has 0 saturated heterocycles. The summed E-state index contributed by atoms with van der Waals surface area (Å²) in [6.45, 7) is 0. The highest BCUT2D eigenvalue weighted by Crippen LogP contribution is 2.33. The van der Waals surface area contributed by atoms with Gasteiger partial charge in [0.2, 0.25) is 0 Å². The highest BCUT2D eigenvalue weighted by molar-refractivity contribution is 9.08. The molecule has 0 aliphatic rings. The Morgan fingerprint density at radius 1 is 1.39 bits per heavy atom. The number of halogens is 3. The summed E-state index contributed by atoms with van der Waals surface area (Å²) in [5.41, 5.74) is 0.0986. The Labute approximate surface area is 120 Å². The minimum absolute atomic E-state index is 0.307. The van der Waals surface area contributed by atoms with E-state index < -0.39 is 11.5 Å². The molecule has 0 spiro atoms. The van der Waals surface area contributed by atoms with Crippen LogP contribution in [-0.4, -0.2) is 16.1 Å². The lowest BCUT2D eigenvalue weighted by atomic mass is 10.1. The molecule has 0 fully saturated rings. The topological polar surface area (TPSA) is 70.2 Å². The van der Waals surface area contributed by atoms with Crippen LogP contribution in [0.4, 0.5) is 0 Å². The van der Waals surface area contributed by atoms with Crippen LogP contribution in [0.3, 0.4) is 0 Å². The predicted octanol–water partition coefficient (Wildman–Crippen LogP) is 3.43. The Kier molecular flexibility index (Phi) is 3.66. The van der Waals surface area contributed by atoms with Gasteiger partial charge in [0.15, 0.2) is 0 Å². The predicted molar refractivity (Wildman–Crippen MR) is 74.2 cm³/mol. The number of aromatic nitrogens is 1. The molecule has 1 heterocycles. The molecular formula is C11H6BrCl2NO3. The van der Waals surface area contributed by atoms with E-state index in [2.05, 4.69) is 20.9 Å². The molecule has 0 unspecified atom stereocenters. The van der Waals surface area contributed by atoms with E-state index in [0.29, 0.717) is 31.8 Å². The first-order chi connectivity index (χ1) is 8.45. The summed E-state index contributed by atoms with van der Waals surface area (Å²) in [6.07, 6.45) is 0. The summed E-state index contributed by atoms with van der Waals surface area (Å²) in [5.74, 6) is -1.29. The molecule has 0 saturated carbocycles. The van der Waals surface area contributed by atoms with Gasteiger partial charge in [0, 0.05) is 16.3 Å². The van der Waals surface area contributed by atoms with Crippen LogP contribution in [0.25, 0.3) is 10.9 Å². The number of aromatic carboxylic acids is 1. The second kappa shape index (κ2) is 4.91. The number of hydrogen-bond donors (Lipinski definition) is 2. The zero-order chi connectivity index (χ0) is 13.4. The molecule has 4 nitrogen and oxygen atoms in total. The third-order valence-electron chi connectivity index (χ3n) is 2.49. The van der Waals surface area contributed by atoms with Crippen molar-refractivity contribution in [3.63, 3.8) is 0 Å². The van der Waals surface area contributed by atoms with Crippen LogP contribution in [0, 0.1) is 0 Å². The van der Waals surface area contributed by atoms with E-state index in [0.717, 1.165) is 0 Å². The van der Waals surface area contributed by atoms with Crippen molar-refractivity contribution >= 4 is 56.0 Å². The standard InChI is InChI=1S/C11H6BrCl2NO3/c12-3-6-8(14)7(13)2-4-1-5(11(17)18)10(16)15-9(4)6/h1-2H,3H2,(H,15,16)(H,17,18). The lowest BCUT2D eigenvalue weighted by molar-refractivity contribution is 0.0695. The number of carboxylic acids is 1. The molecule has 0 radical (unpaired) electrons. The maximum atomic E-state index is 11.6. The average Bonchev–Trinajstić information content (AvgIpc) is 2.31. The Morgan fingerprint density at radius 3 is 2.61 bits per heavy atom. The fourth-order valence-corrected chi connectivity index (χ4v) is 2.82. The Morgan fingerprint density at radius 2 is 2.06 bits per heavy atom. The van der Waals surface area contributed by atoms with Crippen molar-refractivity contribution in [3.8, 4) is 0 Å². The third kappa shape index (κ3) is 2.13. The fourth-order valence-electron chi connectivity index (χ4n) is 1.65. The van der Waals surface area contributed by atoms with Gasteiger partial charge < -0.3 is 10.1 Å². The summed E-state index contributed by atoms with van der Waals surface area (Å²) < 4.78 is 0. The third-order valence-corrected chi connectivity index (χ3v) is 3.88. The minimum atomic E-state index is -1.29. The van der Waals surface area contributed by atoms with E-state index in [1.165, 1.54) is 12.1 Å². The molecule has 2 N–H and O–H groups in total. The number of carbonyl (C=O) groups is 1. The molecule has 0 atom stereocenters. The summed E-state index contributed by atoms with van der Waals surface area (Å²) >= 11 is 15.2. The highest BCUT2D eigenvalue weighted by Gasteiger charge is 2.15. The number of nitrogens with one attached hydrogen (secondary N) is 1. The zero-order valence-electron chi connectivity index (χ0n) is 8.76. The first-order valence-electron chi connectivity index (χ1n) is 4.79. The number of benzene rings is 1. The van der Waals surface area contributed by atoms with Crippen LogP contribution in [0.5, 0.6) is 0 Å². The van der Waals surface area contributed by atoms with Gasteiger partial charge in [-0.2, -0.15) is 0 Å². The zero-order valence-corrected chi connectivity index (χ0v) is 11.9. The summed E-state index contributed by atoms with van der Waals surface area (Å²) in [5, 5.41) is 10.4. The number of carboxylic acid groups (broad SMARTS) is 1. The summed E-state index contributed by atoms with van der Waals surface area (Å²) in [4.78, 5) is 25.0. The Balaban J connectivity index is 2.93. The lowest BCUT2D eigenvalue weighted by Crippen LogP contribution is -2.17. The number of pyridine rings is 1. The minimum Gasteiger partial charge on any atom is -0.477 e. The highest BCUT2D eigenvalue weighted by atomic mass is 79.9. The number of aromatic amines is 1. The molecule has 0 bridgehead atoms. The molecule has 1 aromatic carbocycles. The largest absolute Gasteiger partial charge is 0.477 e. The first kappa shape index (κ1) is 13.4. The van der Waals surface area contributed by atoms with Crippen LogP contribution >= 0.6 is 39.1 Å². The van der Waals surface area contributed by atoms with Gasteiger partial charge in [-0.1, -0.05) is 39.1 Å². The van der Waals surface area contributed by atoms with Gasteiger partial charge in [0.1, 0.15) is 5.56 Å². The molecule has 0 aliphatic heterocycles. The first-order valence-corrected chi connectivity index (χ1v) is 6.66. The SMILES string of the molecule is O=C(O)c1cc2cc(Cl)c(Cl)c(CBr)c2[nH]c1=O. The van der Waals surface area contributed by atoms with Gasteiger partial charge in [-0.25, -0.2) is 4.79 Å². The lowest BCUT2D eigenvalue weighted by Gasteiger charge is -2.08. The van der Waals surface area contributed by atoms with Crippen molar-refractivity contribution in [2.45, 2.75) is 5.33 Å². The van der Waals surface area contributed by atoms with E-state index in [1.54, 1.807) is 0 Å². The van der Waals surface area contributed by atoms with Crippen molar-refractivity contribution in [1.29, 1.82) is 0 Å². The van der Waals surface area contributed by atoms with Gasteiger partial charge in [0.05, 0.1) is 15.6 Å². The van der Waals surface area contributed by atoms with Gasteiger partial charge in [-0.3, -0.25) is 4.79 Å². The maximum Gasteiger partial charge on any atom is 0.341 e. The summed E-state index contributed by atoms with van der Waals surface area (Å²) in [7, 11) is 0. The molecule has 2 rings (SSSR count). The van der Waals surface area contributed by atoms with Crippen molar-refractivity contribution < 1.29 is 9.90 Å². The van der Waals surface area contributed by atoms with Crippen LogP contribution in [0.1, 0.15) is 15.9 Å². The van der Waals surface area contributed by atoms with Crippen LogP contribution < -0.4 is 5.56 Å². The van der Waals surface area contributed by atoms with Gasteiger partial charge in [-0.15, -0.1) is 0 Å². The fraction of sp³-hybridized carbons (Fsp3) is 0.0909. The number of hydrogen-bond acceptors (Lipinski definition) is 2. The van der Waals surface area contributed by atoms with Crippen LogP contribution in [0.15, 0.2) is 16.9 Å². The quantitative estimate of drug-likeness (QED) is 0.815. The van der Waals surface area contributed by atoms with Crippen molar-refractivity contribution in [1.82, 2.24) is 4.98 Å². The smallest absolute Gasteiger partial charge is 0.341 e. The second-order valence-corrected chi connectivity index (χ2v) is 4.91. The van der Waals surface area contributed by atoms with Crippen LogP contribution in [-0.2, 0) is 5.33 Å². The van der Waals surface area contributed by atoms with Gasteiger partial charge in [0.25, 0.3) is 5.56 Å². The molecule has 7 heteroatoms. The van der Waals surface area contributed by atoms with Crippen LogP contribution in [0.2, 0.25) is 10.0 Å². The molecular weight excluding hydrogens is 345 g/mol. The monoisotopic (exact) mass is 349 g/mol. The van der Waals surface area contributed by atoms with E-state index in [4.69, 9.17) is 28.3 Å². The van der Waals surface area contributed by atoms with Crippen molar-refractivity contribution in [2.24, 2.45) is 0 Å². The Bertz CT molecular complexity index is 711. The molecule has 1 aromatic heterocycles. The molecule has 2 aromatic rings. The molecule has 0 amide bonds. The molecule has 18 heavy (non-hydrogen) atoms. The normalized spacial score (nSPS) is 10.8. The van der Waals surface area contributed by atoms with Gasteiger partial charge in [-0.05, 0) is 12.1 Å². The number of H-pyrrole nitrogens is 1. The second-order valence-electron chi connectivity index (χ2n) is 3.57. The molecule has 0 aliphatic carbocycles. The number of alkyl halides is 1. The average molecular weight is 351 g/mol. The Hall–Kier alpha value is -1.04. The number of rotatable bonds is 2. The van der Waals surface area contributed by atoms with E-state index >= 15 is 0 Å². The van der Waals surface area contributed by atoms with E-state index in [-0.39, 0.29) is 5.56 Å². The van der Waals surface area contributed by atoms with Crippen molar-refractivity contribution in [2.75, 3.05) is 0 Å². The van der Waals surface area contributed by atoms with E-state index in [1.807, 2.05) is 0 Å². The summed E-state index contributed by atoms with van der Waals surface area (Å²) in [6, 6.07) is 2.80. The van der Waals surface area contributed by atoms with E-state index in [9.17, 15) is 9.59 Å². The molecule has 94 valence electrons.